The van der Waals surface area contributed by atoms with E-state index in [4.69, 9.17) is 9.47 Å². The van der Waals surface area contributed by atoms with Crippen LogP contribution in [0.2, 0.25) is 0 Å². The maximum absolute atomic E-state index is 14.6. The minimum absolute atomic E-state index is 0.0936. The van der Waals surface area contributed by atoms with Crippen molar-refractivity contribution in [3.05, 3.63) is 24.3 Å². The molecule has 1 N–H and O–H groups in total. The molecule has 10 heteroatoms. The lowest BCUT2D eigenvalue weighted by Gasteiger charge is -2.42. The number of ether oxygens (including phenoxy) is 2. The average Bonchev–Trinajstić information content (AvgIpc) is 3.24. The fourth-order valence-corrected chi connectivity index (χ4v) is 7.53. The lowest BCUT2D eigenvalue weighted by molar-refractivity contribution is -0.158. The number of rotatable bonds is 9. The minimum atomic E-state index is -1.29. The Morgan fingerprint density at radius 1 is 0.925 bits per heavy atom. The van der Waals surface area contributed by atoms with Crippen LogP contribution in [0.4, 0.5) is 0 Å². The summed E-state index contributed by atoms with van der Waals surface area (Å²) in [5, 5.41) is 10.5. The van der Waals surface area contributed by atoms with Crippen LogP contribution in [-0.2, 0) is 23.9 Å². The van der Waals surface area contributed by atoms with E-state index in [2.05, 4.69) is 4.90 Å². The Balaban J connectivity index is 1.57. The number of morpholine rings is 1. The van der Waals surface area contributed by atoms with E-state index in [1.54, 1.807) is 9.80 Å². The molecule has 0 radical (unpaired) electrons. The van der Waals surface area contributed by atoms with Crippen molar-refractivity contribution in [2.75, 3.05) is 65.6 Å². The van der Waals surface area contributed by atoms with Gasteiger partial charge >= 0.3 is 0 Å². The van der Waals surface area contributed by atoms with Crippen molar-refractivity contribution in [1.82, 2.24) is 19.6 Å². The van der Waals surface area contributed by atoms with Gasteiger partial charge in [-0.05, 0) is 18.8 Å². The molecule has 0 saturated carbocycles. The highest BCUT2D eigenvalue weighted by molar-refractivity contribution is 6.00. The smallest absolute Gasteiger partial charge is 0.249 e. The highest BCUT2D eigenvalue weighted by Gasteiger charge is 2.76. The van der Waals surface area contributed by atoms with E-state index in [0.29, 0.717) is 52.4 Å². The molecular formula is C30H46N4O6. The van der Waals surface area contributed by atoms with E-state index in [1.165, 1.54) is 0 Å². The van der Waals surface area contributed by atoms with Crippen LogP contribution in [-0.4, -0.2) is 131 Å². The summed E-state index contributed by atoms with van der Waals surface area (Å²) in [5.41, 5.74) is -2.27. The Bertz CT molecular complexity index is 1040. The van der Waals surface area contributed by atoms with E-state index >= 15 is 0 Å². The van der Waals surface area contributed by atoms with E-state index in [1.807, 2.05) is 56.9 Å². The van der Waals surface area contributed by atoms with Crippen molar-refractivity contribution in [2.45, 2.75) is 63.8 Å². The molecule has 222 valence electrons. The quantitative estimate of drug-likeness (QED) is 0.420. The van der Waals surface area contributed by atoms with Crippen LogP contribution in [0, 0.1) is 17.8 Å². The summed E-state index contributed by atoms with van der Waals surface area (Å²) in [6.45, 7) is 13.3. The van der Waals surface area contributed by atoms with Crippen LogP contribution in [0.5, 0.6) is 0 Å². The largest absolute Gasteiger partial charge is 0.394 e. The molecule has 0 aromatic heterocycles. The summed E-state index contributed by atoms with van der Waals surface area (Å²) >= 11 is 0. The third kappa shape index (κ3) is 4.61. The zero-order valence-corrected chi connectivity index (χ0v) is 24.5. The second kappa shape index (κ2) is 11.5. The predicted octanol–water partition coefficient (Wildman–Crippen LogP) is 0.903. The maximum atomic E-state index is 14.6. The molecular weight excluding hydrogens is 512 g/mol. The molecule has 10 nitrogen and oxygen atoms in total. The van der Waals surface area contributed by atoms with Gasteiger partial charge in [0, 0.05) is 45.8 Å². The van der Waals surface area contributed by atoms with Gasteiger partial charge in [0.05, 0.1) is 43.3 Å². The number of nitrogens with zero attached hydrogens (tertiary/aromatic N) is 4. The van der Waals surface area contributed by atoms with Gasteiger partial charge in [-0.25, -0.2) is 0 Å². The number of fused-ring (bicyclic) bond motifs is 2. The summed E-state index contributed by atoms with van der Waals surface area (Å²) in [7, 11) is 0. The molecule has 3 amide bonds. The number of aliphatic hydroxyl groups is 1. The number of carbonyl (C=O) groups excluding carboxylic acids is 3. The molecule has 5 aliphatic heterocycles. The molecule has 0 aromatic rings. The molecule has 5 heterocycles. The number of carbonyl (C=O) groups is 3. The van der Waals surface area contributed by atoms with Crippen molar-refractivity contribution >= 4 is 17.7 Å². The van der Waals surface area contributed by atoms with Crippen LogP contribution >= 0.6 is 0 Å². The van der Waals surface area contributed by atoms with Crippen molar-refractivity contribution in [1.29, 1.82) is 0 Å². The lowest BCUT2D eigenvalue weighted by atomic mass is 9.73. The van der Waals surface area contributed by atoms with Crippen molar-refractivity contribution in [2.24, 2.45) is 17.8 Å². The van der Waals surface area contributed by atoms with E-state index in [9.17, 15) is 19.5 Å². The monoisotopic (exact) mass is 558 g/mol. The van der Waals surface area contributed by atoms with Crippen LogP contribution in [0.1, 0.15) is 40.5 Å². The van der Waals surface area contributed by atoms with Gasteiger partial charge in [0.1, 0.15) is 11.6 Å². The van der Waals surface area contributed by atoms with Crippen molar-refractivity contribution < 1.29 is 29.0 Å². The molecule has 0 bridgehead atoms. The predicted molar refractivity (Wildman–Crippen MR) is 149 cm³/mol. The van der Waals surface area contributed by atoms with Crippen LogP contribution in [0.3, 0.4) is 0 Å². The van der Waals surface area contributed by atoms with Gasteiger partial charge in [0.2, 0.25) is 17.7 Å². The summed E-state index contributed by atoms with van der Waals surface area (Å²) in [6, 6.07) is -1.52. The Hall–Kier alpha value is -2.27. The first-order valence-corrected chi connectivity index (χ1v) is 15.1. The third-order valence-corrected chi connectivity index (χ3v) is 9.64. The van der Waals surface area contributed by atoms with Crippen molar-refractivity contribution in [3.8, 4) is 0 Å². The van der Waals surface area contributed by atoms with Crippen LogP contribution in [0.15, 0.2) is 24.3 Å². The van der Waals surface area contributed by atoms with Gasteiger partial charge in [-0.3, -0.25) is 19.3 Å². The molecule has 5 rings (SSSR count). The van der Waals surface area contributed by atoms with Crippen LogP contribution in [0.25, 0.3) is 0 Å². The molecule has 0 aromatic carbocycles. The summed E-state index contributed by atoms with van der Waals surface area (Å²) in [4.78, 5) is 50.8. The van der Waals surface area contributed by atoms with Gasteiger partial charge < -0.3 is 29.3 Å². The zero-order valence-electron chi connectivity index (χ0n) is 24.5. The first kappa shape index (κ1) is 29.2. The highest BCUT2D eigenvalue weighted by atomic mass is 16.5. The second-order valence-corrected chi connectivity index (χ2v) is 12.2. The second-order valence-electron chi connectivity index (χ2n) is 12.2. The van der Waals surface area contributed by atoms with Crippen LogP contribution < -0.4 is 0 Å². The molecule has 0 aliphatic carbocycles. The Kier molecular flexibility index (Phi) is 8.44. The molecule has 40 heavy (non-hydrogen) atoms. The molecule has 1 spiro atoms. The van der Waals surface area contributed by atoms with Gasteiger partial charge in [0.25, 0.3) is 0 Å². The van der Waals surface area contributed by atoms with E-state index in [0.717, 1.165) is 19.5 Å². The van der Waals surface area contributed by atoms with Gasteiger partial charge in [0.15, 0.2) is 0 Å². The maximum Gasteiger partial charge on any atom is 0.249 e. The SMILES string of the molecule is CCCN1CC=C[C@]2(CC)O[C@]34C=CCN(CCN5CCOCC5)C(=O)C3N([C@@H](CO)C(C)C)C(=O)[C@@H]4[C@@H]2C1=O. The first-order chi connectivity index (χ1) is 19.2. The van der Waals surface area contributed by atoms with Crippen molar-refractivity contribution in [3.63, 3.8) is 0 Å². The standard InChI is InChI=1S/C30H46N4O6/c1-5-11-32-12-7-9-29(6-2)23(26(32)36)24-27(37)34(22(20-35)21(3)4)25-28(38)33(13-8-10-30(24,25)40-29)15-14-31-16-18-39-19-17-31/h7-10,21-25,35H,5-6,11-20H2,1-4H3/t22-,23+,24-,25?,29-,30-/m0/s1. The normalized spacial score (nSPS) is 35.2. The summed E-state index contributed by atoms with van der Waals surface area (Å²) < 4.78 is 12.5. The lowest BCUT2D eigenvalue weighted by Crippen LogP contribution is -2.60. The zero-order chi connectivity index (χ0) is 28.7. The molecule has 3 fully saturated rings. The number of aliphatic hydroxyl groups excluding tert-OH is 1. The first-order valence-electron chi connectivity index (χ1n) is 15.1. The molecule has 5 aliphatic rings. The van der Waals surface area contributed by atoms with Gasteiger partial charge in [-0.1, -0.05) is 52.0 Å². The minimum Gasteiger partial charge on any atom is -0.394 e. The topological polar surface area (TPSA) is 103 Å². The third-order valence-electron chi connectivity index (χ3n) is 9.64. The number of likely N-dealkylation sites (tertiary alicyclic amines) is 1. The van der Waals surface area contributed by atoms with Gasteiger partial charge in [-0.2, -0.15) is 0 Å². The molecule has 6 atom stereocenters. The molecule has 1 unspecified atom stereocenters. The van der Waals surface area contributed by atoms with E-state index in [-0.39, 0.29) is 30.2 Å². The van der Waals surface area contributed by atoms with Gasteiger partial charge in [-0.15, -0.1) is 0 Å². The number of amides is 3. The van der Waals surface area contributed by atoms with E-state index < -0.39 is 35.1 Å². The average molecular weight is 559 g/mol. The fourth-order valence-electron chi connectivity index (χ4n) is 7.53. The summed E-state index contributed by atoms with van der Waals surface area (Å²) in [6.07, 6.45) is 9.11. The summed E-state index contributed by atoms with van der Waals surface area (Å²) in [5.74, 6) is -2.23. The Morgan fingerprint density at radius 2 is 1.60 bits per heavy atom. The number of hydrogen-bond donors (Lipinski definition) is 1. The fraction of sp³-hybridized carbons (Fsp3) is 0.767. The molecule has 3 saturated heterocycles. The Morgan fingerprint density at radius 3 is 2.23 bits per heavy atom. The Labute approximate surface area is 237 Å². The number of hydrogen-bond acceptors (Lipinski definition) is 7. The highest BCUT2D eigenvalue weighted by Crippen LogP contribution is 2.59.